The van der Waals surface area contributed by atoms with E-state index in [0.29, 0.717) is 5.92 Å². The first-order valence-corrected chi connectivity index (χ1v) is 9.96. The second-order valence-electron chi connectivity index (χ2n) is 9.28. The van der Waals surface area contributed by atoms with Gasteiger partial charge in [-0.05, 0) is 49.6 Å². The van der Waals surface area contributed by atoms with Crippen molar-refractivity contribution < 1.29 is 9.76 Å². The van der Waals surface area contributed by atoms with Gasteiger partial charge in [-0.2, -0.15) is 0 Å². The zero-order valence-corrected chi connectivity index (χ0v) is 17.4. The van der Waals surface area contributed by atoms with E-state index in [1.165, 1.54) is 21.9 Å². The van der Waals surface area contributed by atoms with Gasteiger partial charge in [-0.1, -0.05) is 79.2 Å². The predicted molar refractivity (Wildman–Crippen MR) is 119 cm³/mol. The molecule has 1 radical (unpaired) electrons. The lowest BCUT2D eigenvalue weighted by molar-refractivity contribution is -0.0893. The molecule has 2 aromatic carbocycles. The molecular formula is C25H28BO2. The van der Waals surface area contributed by atoms with Crippen LogP contribution in [0.3, 0.4) is 0 Å². The number of benzene rings is 2. The standard InChI is InChI=1S/C25H28BO2/c1-23(2,27)24(3,4)28-26-19-11-12-20-18(16-19)10-9-17-13-15-25(5)14-7-6-8-21(25)22(17)20/h6-16,21,27H,1-5H3. The van der Waals surface area contributed by atoms with Gasteiger partial charge in [0.2, 0.25) is 0 Å². The Balaban J connectivity index is 1.70. The van der Waals surface area contributed by atoms with Crippen LogP contribution in [0.1, 0.15) is 51.7 Å². The highest BCUT2D eigenvalue weighted by atomic mass is 16.5. The van der Waals surface area contributed by atoms with Crippen molar-refractivity contribution in [1.29, 1.82) is 0 Å². The van der Waals surface area contributed by atoms with Crippen LogP contribution in [-0.2, 0) is 4.65 Å². The average molecular weight is 371 g/mol. The maximum Gasteiger partial charge on any atom is 0.330 e. The molecule has 0 saturated carbocycles. The maximum atomic E-state index is 10.3. The van der Waals surface area contributed by atoms with Crippen LogP contribution in [0.2, 0.25) is 0 Å². The lowest BCUT2D eigenvalue weighted by Crippen LogP contribution is -2.49. The van der Waals surface area contributed by atoms with Crippen LogP contribution >= 0.6 is 0 Å². The number of hydrogen-bond donors (Lipinski definition) is 1. The first-order valence-electron chi connectivity index (χ1n) is 9.96. The van der Waals surface area contributed by atoms with Crippen LogP contribution in [0.4, 0.5) is 0 Å². The third-order valence-corrected chi connectivity index (χ3v) is 6.56. The predicted octanol–water partition coefficient (Wildman–Crippen LogP) is 4.89. The summed E-state index contributed by atoms with van der Waals surface area (Å²) in [5.41, 5.74) is 2.11. The van der Waals surface area contributed by atoms with Gasteiger partial charge in [-0.15, -0.1) is 0 Å². The number of aliphatic hydroxyl groups is 1. The molecule has 0 amide bonds. The molecule has 1 N–H and O–H groups in total. The van der Waals surface area contributed by atoms with Crippen LogP contribution < -0.4 is 5.46 Å². The first-order chi connectivity index (χ1) is 13.1. The van der Waals surface area contributed by atoms with Gasteiger partial charge in [0, 0.05) is 11.3 Å². The fraction of sp³-hybridized carbons (Fsp3) is 0.360. The van der Waals surface area contributed by atoms with Crippen molar-refractivity contribution >= 4 is 29.8 Å². The van der Waals surface area contributed by atoms with E-state index in [0.717, 1.165) is 5.46 Å². The molecule has 0 aliphatic heterocycles. The van der Waals surface area contributed by atoms with Crippen molar-refractivity contribution in [2.45, 2.75) is 51.7 Å². The Morgan fingerprint density at radius 3 is 2.57 bits per heavy atom. The molecule has 0 heterocycles. The highest BCUT2D eigenvalue weighted by Crippen LogP contribution is 2.48. The summed E-state index contributed by atoms with van der Waals surface area (Å²) in [6, 6.07) is 10.9. The minimum atomic E-state index is -0.933. The molecule has 2 aliphatic rings. The minimum Gasteiger partial charge on any atom is -0.427 e. The average Bonchev–Trinajstić information content (AvgIpc) is 2.64. The lowest BCUT2D eigenvalue weighted by atomic mass is 9.66. The summed E-state index contributed by atoms with van der Waals surface area (Å²) in [6.45, 7) is 9.63. The maximum absolute atomic E-state index is 10.3. The third kappa shape index (κ3) is 3.17. The zero-order valence-electron chi connectivity index (χ0n) is 17.4. The van der Waals surface area contributed by atoms with Crippen molar-refractivity contribution in [1.82, 2.24) is 0 Å². The van der Waals surface area contributed by atoms with Gasteiger partial charge in [0.1, 0.15) is 0 Å². The summed E-state index contributed by atoms with van der Waals surface area (Å²) in [5, 5.41) is 12.8. The molecule has 2 atom stereocenters. The van der Waals surface area contributed by atoms with Crippen LogP contribution in [0.15, 0.2) is 60.7 Å². The largest absolute Gasteiger partial charge is 0.427 e. The quantitative estimate of drug-likeness (QED) is 0.776. The van der Waals surface area contributed by atoms with E-state index in [1.54, 1.807) is 21.3 Å². The smallest absolute Gasteiger partial charge is 0.330 e. The number of rotatable bonds is 4. The van der Waals surface area contributed by atoms with Crippen molar-refractivity contribution in [2.75, 3.05) is 0 Å². The van der Waals surface area contributed by atoms with Crippen molar-refractivity contribution in [3.8, 4) is 0 Å². The van der Waals surface area contributed by atoms with Gasteiger partial charge in [-0.25, -0.2) is 0 Å². The Bertz CT molecular complexity index is 1010. The SMILES string of the molecule is CC12C=CC=CC1c1c(ccc3cc([B]OC(C)(C)C(C)(C)O)ccc13)C=C2. The van der Waals surface area contributed by atoms with Crippen LogP contribution in [0.5, 0.6) is 0 Å². The Hall–Kier alpha value is -2.10. The van der Waals surface area contributed by atoms with Crippen molar-refractivity contribution in [3.05, 3.63) is 71.8 Å². The Kier molecular flexibility index (Phi) is 4.44. The van der Waals surface area contributed by atoms with Gasteiger partial charge < -0.3 is 9.76 Å². The van der Waals surface area contributed by atoms with Gasteiger partial charge in [0.15, 0.2) is 0 Å². The van der Waals surface area contributed by atoms with Gasteiger partial charge in [0.25, 0.3) is 0 Å². The van der Waals surface area contributed by atoms with Gasteiger partial charge in [-0.3, -0.25) is 0 Å². The molecular weight excluding hydrogens is 343 g/mol. The number of allylic oxidation sites excluding steroid dienone is 5. The minimum absolute atomic E-state index is 0.0284. The van der Waals surface area contributed by atoms with E-state index in [-0.39, 0.29) is 5.41 Å². The molecule has 4 rings (SSSR count). The summed E-state index contributed by atoms with van der Waals surface area (Å²) in [6.07, 6.45) is 13.5. The molecule has 143 valence electrons. The monoisotopic (exact) mass is 371 g/mol. The van der Waals surface area contributed by atoms with E-state index in [1.807, 2.05) is 13.8 Å². The molecule has 0 bridgehead atoms. The fourth-order valence-electron chi connectivity index (χ4n) is 3.90. The van der Waals surface area contributed by atoms with Crippen molar-refractivity contribution in [2.24, 2.45) is 5.41 Å². The Labute approximate surface area is 168 Å². The molecule has 2 nitrogen and oxygen atoms in total. The van der Waals surface area contributed by atoms with E-state index < -0.39 is 11.2 Å². The normalized spacial score (nSPS) is 23.6. The molecule has 2 aromatic rings. The van der Waals surface area contributed by atoms with E-state index >= 15 is 0 Å². The van der Waals surface area contributed by atoms with Gasteiger partial charge >= 0.3 is 7.48 Å². The lowest BCUT2D eigenvalue weighted by Gasteiger charge is -2.38. The second-order valence-corrected chi connectivity index (χ2v) is 9.28. The van der Waals surface area contributed by atoms with Crippen molar-refractivity contribution in [3.63, 3.8) is 0 Å². The summed E-state index contributed by atoms with van der Waals surface area (Å²) in [7, 11) is 1.75. The third-order valence-electron chi connectivity index (χ3n) is 6.56. The molecule has 0 fully saturated rings. The molecule has 0 saturated heterocycles. The van der Waals surface area contributed by atoms with E-state index in [2.05, 4.69) is 73.7 Å². The highest BCUT2D eigenvalue weighted by molar-refractivity contribution is 6.47. The second kappa shape index (κ2) is 6.47. The topological polar surface area (TPSA) is 29.5 Å². The molecule has 28 heavy (non-hydrogen) atoms. The Morgan fingerprint density at radius 2 is 1.82 bits per heavy atom. The summed E-state index contributed by atoms with van der Waals surface area (Å²) in [5.74, 6) is 0.349. The van der Waals surface area contributed by atoms with E-state index in [9.17, 15) is 5.11 Å². The number of fused-ring (bicyclic) bond motifs is 5. The fourth-order valence-corrected chi connectivity index (χ4v) is 3.90. The van der Waals surface area contributed by atoms with Crippen LogP contribution in [-0.4, -0.2) is 23.8 Å². The first kappa shape index (κ1) is 19.2. The van der Waals surface area contributed by atoms with E-state index in [4.69, 9.17) is 4.65 Å². The Morgan fingerprint density at radius 1 is 1.04 bits per heavy atom. The highest BCUT2D eigenvalue weighted by Gasteiger charge is 2.36. The summed E-state index contributed by atoms with van der Waals surface area (Å²) < 4.78 is 5.94. The zero-order chi connectivity index (χ0) is 20.2. The molecule has 3 heteroatoms. The summed E-state index contributed by atoms with van der Waals surface area (Å²) in [4.78, 5) is 0. The molecule has 2 unspecified atom stereocenters. The van der Waals surface area contributed by atoms with Gasteiger partial charge in [0.05, 0.1) is 11.2 Å². The molecule has 0 aromatic heterocycles. The summed E-state index contributed by atoms with van der Waals surface area (Å²) >= 11 is 0. The number of hydrogen-bond acceptors (Lipinski definition) is 2. The van der Waals surface area contributed by atoms with Crippen LogP contribution in [0.25, 0.3) is 16.8 Å². The molecule has 2 aliphatic carbocycles. The molecule has 0 spiro atoms. The van der Waals surface area contributed by atoms with Crippen LogP contribution in [0, 0.1) is 5.41 Å².